The van der Waals surface area contributed by atoms with E-state index in [0.717, 1.165) is 12.1 Å². The van der Waals surface area contributed by atoms with Crippen LogP contribution in [0.15, 0.2) is 53.4 Å². The number of benzene rings is 2. The fraction of sp³-hybridized carbons (Fsp3) is 0.0714. The molecule has 2 aromatic carbocycles. The minimum absolute atomic E-state index is 0.194. The molecule has 0 unspecified atom stereocenters. The molecular weight excluding hydrogens is 316 g/mol. The first-order chi connectivity index (χ1) is 10.3. The van der Waals surface area contributed by atoms with Gasteiger partial charge in [0, 0.05) is 6.07 Å². The van der Waals surface area contributed by atoms with Crippen LogP contribution in [-0.4, -0.2) is 26.0 Å². The van der Waals surface area contributed by atoms with Gasteiger partial charge < -0.3 is 5.11 Å². The van der Waals surface area contributed by atoms with E-state index in [-0.39, 0.29) is 4.90 Å². The van der Waals surface area contributed by atoms with E-state index in [4.69, 9.17) is 5.11 Å². The van der Waals surface area contributed by atoms with Gasteiger partial charge in [0.05, 0.1) is 10.6 Å². The van der Waals surface area contributed by atoms with Crippen molar-refractivity contribution in [2.24, 2.45) is 0 Å². The van der Waals surface area contributed by atoms with Crippen LogP contribution in [0.4, 0.5) is 14.5 Å². The van der Waals surface area contributed by atoms with Gasteiger partial charge >= 0.3 is 5.97 Å². The highest BCUT2D eigenvalue weighted by molar-refractivity contribution is 7.92. The van der Waals surface area contributed by atoms with Gasteiger partial charge in [0.15, 0.2) is 0 Å². The highest BCUT2D eigenvalue weighted by atomic mass is 32.2. The third-order valence-electron chi connectivity index (χ3n) is 2.79. The lowest BCUT2D eigenvalue weighted by atomic mass is 10.3. The molecule has 0 atom stereocenters. The molecular formula is C14H11F2NO4S. The Morgan fingerprint density at radius 3 is 2.27 bits per heavy atom. The fourth-order valence-corrected chi connectivity index (χ4v) is 3.27. The average Bonchev–Trinajstić information content (AvgIpc) is 2.46. The van der Waals surface area contributed by atoms with Gasteiger partial charge in [-0.1, -0.05) is 18.2 Å². The maximum atomic E-state index is 13.9. The van der Waals surface area contributed by atoms with Crippen LogP contribution < -0.4 is 4.31 Å². The van der Waals surface area contributed by atoms with Crippen molar-refractivity contribution in [1.29, 1.82) is 0 Å². The van der Waals surface area contributed by atoms with Crippen LogP contribution in [0.2, 0.25) is 0 Å². The smallest absolute Gasteiger partial charge is 0.324 e. The van der Waals surface area contributed by atoms with E-state index in [2.05, 4.69) is 0 Å². The first-order valence-corrected chi connectivity index (χ1v) is 7.51. The van der Waals surface area contributed by atoms with Gasteiger partial charge in [0.1, 0.15) is 18.2 Å². The lowest BCUT2D eigenvalue weighted by Gasteiger charge is -2.23. The predicted molar refractivity (Wildman–Crippen MR) is 75.0 cm³/mol. The number of rotatable bonds is 5. The van der Waals surface area contributed by atoms with Gasteiger partial charge in [0.25, 0.3) is 10.0 Å². The van der Waals surface area contributed by atoms with E-state index < -0.39 is 39.9 Å². The summed E-state index contributed by atoms with van der Waals surface area (Å²) in [6.45, 7) is -0.986. The Morgan fingerprint density at radius 1 is 1.09 bits per heavy atom. The number of halogens is 2. The zero-order valence-electron chi connectivity index (χ0n) is 11.1. The van der Waals surface area contributed by atoms with Crippen molar-refractivity contribution in [3.63, 3.8) is 0 Å². The quantitative estimate of drug-likeness (QED) is 0.914. The van der Waals surface area contributed by atoms with Crippen molar-refractivity contribution in [2.75, 3.05) is 10.8 Å². The summed E-state index contributed by atoms with van der Waals surface area (Å²) in [4.78, 5) is 10.7. The maximum absolute atomic E-state index is 13.9. The molecule has 116 valence electrons. The topological polar surface area (TPSA) is 74.7 Å². The number of hydrogen-bond acceptors (Lipinski definition) is 3. The molecule has 22 heavy (non-hydrogen) atoms. The van der Waals surface area contributed by atoms with Gasteiger partial charge in [0.2, 0.25) is 0 Å². The molecule has 2 rings (SSSR count). The highest BCUT2D eigenvalue weighted by Crippen LogP contribution is 2.26. The third kappa shape index (κ3) is 3.22. The molecule has 0 saturated carbocycles. The zero-order valence-corrected chi connectivity index (χ0v) is 11.9. The van der Waals surface area contributed by atoms with Crippen LogP contribution in [0.5, 0.6) is 0 Å². The Morgan fingerprint density at radius 2 is 1.73 bits per heavy atom. The molecule has 0 fully saturated rings. The molecule has 0 aromatic heterocycles. The number of hydrogen-bond donors (Lipinski definition) is 1. The summed E-state index contributed by atoms with van der Waals surface area (Å²) in [7, 11) is -4.29. The van der Waals surface area contributed by atoms with Gasteiger partial charge in [-0.15, -0.1) is 0 Å². The number of carboxylic acid groups (broad SMARTS) is 1. The van der Waals surface area contributed by atoms with Crippen LogP contribution >= 0.6 is 0 Å². The van der Waals surface area contributed by atoms with Crippen molar-refractivity contribution in [2.45, 2.75) is 4.90 Å². The van der Waals surface area contributed by atoms with Crippen LogP contribution in [0.3, 0.4) is 0 Å². The molecule has 1 N–H and O–H groups in total. The summed E-state index contributed by atoms with van der Waals surface area (Å²) in [6.07, 6.45) is 0. The number of anilines is 1. The predicted octanol–water partition coefficient (Wildman–Crippen LogP) is 2.24. The van der Waals surface area contributed by atoms with Crippen LogP contribution in [0.1, 0.15) is 0 Å². The maximum Gasteiger partial charge on any atom is 0.324 e. The van der Waals surface area contributed by atoms with Crippen molar-refractivity contribution < 1.29 is 27.1 Å². The largest absolute Gasteiger partial charge is 0.480 e. The molecule has 2 aromatic rings. The van der Waals surface area contributed by atoms with E-state index in [0.29, 0.717) is 10.4 Å². The number of carbonyl (C=O) groups is 1. The van der Waals surface area contributed by atoms with Crippen molar-refractivity contribution in [1.82, 2.24) is 0 Å². The minimum Gasteiger partial charge on any atom is -0.480 e. The Labute approximate surface area is 125 Å². The van der Waals surface area contributed by atoms with Gasteiger partial charge in [-0.05, 0) is 24.3 Å². The number of sulfonamides is 1. The molecule has 0 bridgehead atoms. The zero-order chi connectivity index (χ0) is 16.3. The van der Waals surface area contributed by atoms with E-state index in [9.17, 15) is 22.0 Å². The van der Waals surface area contributed by atoms with Crippen molar-refractivity contribution in [3.8, 4) is 0 Å². The SMILES string of the molecule is O=C(O)CN(c1ccc(F)cc1F)S(=O)(=O)c1ccccc1. The van der Waals surface area contributed by atoms with E-state index in [1.807, 2.05) is 0 Å². The molecule has 0 aliphatic rings. The highest BCUT2D eigenvalue weighted by Gasteiger charge is 2.29. The summed E-state index contributed by atoms with van der Waals surface area (Å²) >= 11 is 0. The molecule has 0 heterocycles. The molecule has 8 heteroatoms. The first kappa shape index (κ1) is 15.9. The summed E-state index contributed by atoms with van der Waals surface area (Å²) < 4.78 is 52.2. The first-order valence-electron chi connectivity index (χ1n) is 6.07. The second kappa shape index (κ2) is 6.10. The molecule has 0 radical (unpaired) electrons. The van der Waals surface area contributed by atoms with Gasteiger partial charge in [-0.25, -0.2) is 17.2 Å². The Bertz CT molecular complexity index is 794. The average molecular weight is 327 g/mol. The summed E-state index contributed by atoms with van der Waals surface area (Å²) in [5.74, 6) is -3.53. The van der Waals surface area contributed by atoms with Crippen LogP contribution in [0.25, 0.3) is 0 Å². The normalized spacial score (nSPS) is 11.2. The van der Waals surface area contributed by atoms with Crippen LogP contribution in [0, 0.1) is 11.6 Å². The molecule has 0 spiro atoms. The van der Waals surface area contributed by atoms with E-state index in [1.54, 1.807) is 6.07 Å². The number of aliphatic carboxylic acids is 1. The molecule has 5 nitrogen and oxygen atoms in total. The molecule has 0 aliphatic carbocycles. The lowest BCUT2D eigenvalue weighted by Crippen LogP contribution is -2.36. The second-order valence-corrected chi connectivity index (χ2v) is 6.18. The van der Waals surface area contributed by atoms with Gasteiger partial charge in [-0.3, -0.25) is 9.10 Å². The monoisotopic (exact) mass is 327 g/mol. The number of nitrogens with zero attached hydrogens (tertiary/aromatic N) is 1. The summed E-state index contributed by atoms with van der Waals surface area (Å²) in [6, 6.07) is 9.22. The van der Waals surface area contributed by atoms with Crippen molar-refractivity contribution >= 4 is 21.7 Å². The van der Waals surface area contributed by atoms with E-state index >= 15 is 0 Å². The third-order valence-corrected chi connectivity index (χ3v) is 4.56. The fourth-order valence-electron chi connectivity index (χ4n) is 1.83. The molecule has 0 saturated heterocycles. The number of carboxylic acids is 1. The Kier molecular flexibility index (Phi) is 4.41. The summed E-state index contributed by atoms with van der Waals surface area (Å²) in [5, 5.41) is 8.90. The molecule has 0 amide bonds. The van der Waals surface area contributed by atoms with Gasteiger partial charge in [-0.2, -0.15) is 0 Å². The molecule has 0 aliphatic heterocycles. The Hall–Kier alpha value is -2.48. The second-order valence-electron chi connectivity index (χ2n) is 4.31. The minimum atomic E-state index is -4.29. The van der Waals surface area contributed by atoms with E-state index in [1.165, 1.54) is 24.3 Å². The van der Waals surface area contributed by atoms with Crippen LogP contribution in [-0.2, 0) is 14.8 Å². The van der Waals surface area contributed by atoms with Crippen molar-refractivity contribution in [3.05, 3.63) is 60.2 Å². The summed E-state index contributed by atoms with van der Waals surface area (Å²) in [5.41, 5.74) is -0.535. The Balaban J connectivity index is 2.58. The lowest BCUT2D eigenvalue weighted by molar-refractivity contribution is -0.135. The standard InChI is InChI=1S/C14H11F2NO4S/c15-10-6-7-13(12(16)8-10)17(9-14(18)19)22(20,21)11-4-2-1-3-5-11/h1-8H,9H2,(H,18,19).